The summed E-state index contributed by atoms with van der Waals surface area (Å²) in [6, 6.07) is 7.62. The van der Waals surface area contributed by atoms with E-state index < -0.39 is 5.54 Å². The number of anilines is 1. The van der Waals surface area contributed by atoms with Gasteiger partial charge in [-0.15, -0.1) is 10.2 Å². The van der Waals surface area contributed by atoms with E-state index in [9.17, 15) is 0 Å². The Morgan fingerprint density at radius 1 is 1.11 bits per heavy atom. The topological polar surface area (TPSA) is 60.6 Å². The van der Waals surface area contributed by atoms with Gasteiger partial charge in [-0.05, 0) is 56.5 Å². The minimum absolute atomic E-state index is 0.289. The second-order valence-electron chi connectivity index (χ2n) is 7.92. The number of rotatable bonds is 1. The number of halogens is 1. The smallest absolute Gasteiger partial charge is 0.162 e. The Hall–Kier alpha value is -3.22. The summed E-state index contributed by atoms with van der Waals surface area (Å²) in [4.78, 5) is 0. The minimum Gasteiger partial charge on any atom is -0.369 e. The molecule has 0 amide bonds. The fourth-order valence-electron chi connectivity index (χ4n) is 4.23. The van der Waals surface area contributed by atoms with Crippen molar-refractivity contribution >= 4 is 16.6 Å². The van der Waals surface area contributed by atoms with E-state index in [1.165, 1.54) is 0 Å². The zero-order valence-corrected chi connectivity index (χ0v) is 16.5. The molecule has 0 spiro atoms. The van der Waals surface area contributed by atoms with E-state index in [-0.39, 0.29) is 5.82 Å². The largest absolute Gasteiger partial charge is 0.369 e. The highest BCUT2D eigenvalue weighted by molar-refractivity contribution is 5.97. The van der Waals surface area contributed by atoms with E-state index in [0.717, 1.165) is 44.9 Å². The van der Waals surface area contributed by atoms with E-state index in [0.29, 0.717) is 5.69 Å². The van der Waals surface area contributed by atoms with Crippen molar-refractivity contribution in [2.75, 3.05) is 5.32 Å². The predicted molar refractivity (Wildman–Crippen MR) is 107 cm³/mol. The first-order chi connectivity index (χ1) is 13.3. The normalized spacial score (nSPS) is 14.6. The molecule has 6 nitrogen and oxygen atoms in total. The third-order valence-electron chi connectivity index (χ3n) is 5.63. The summed E-state index contributed by atoms with van der Waals surface area (Å²) in [6.45, 7) is 7.88. The lowest BCUT2D eigenvalue weighted by Crippen LogP contribution is -2.37. The molecule has 2 aromatic heterocycles. The molecule has 1 aliphatic rings. The second-order valence-corrected chi connectivity index (χ2v) is 7.92. The summed E-state index contributed by atoms with van der Waals surface area (Å²) < 4.78 is 19.1. The Morgan fingerprint density at radius 2 is 1.89 bits per heavy atom. The summed E-state index contributed by atoms with van der Waals surface area (Å²) in [5.74, 6) is 1.23. The summed E-state index contributed by atoms with van der Waals surface area (Å²) >= 11 is 0. The van der Waals surface area contributed by atoms with E-state index in [4.69, 9.17) is 0 Å². The lowest BCUT2D eigenvalue weighted by Gasteiger charge is -2.35. The van der Waals surface area contributed by atoms with Crippen LogP contribution >= 0.6 is 0 Å². The van der Waals surface area contributed by atoms with E-state index in [1.807, 2.05) is 68.4 Å². The van der Waals surface area contributed by atoms with E-state index in [2.05, 4.69) is 20.6 Å². The SMILES string of the molecule is Cc1c(-c2cccc3c2cnn3C)cc(F)c2c1-n1c(C)nnc1C(C)(C)N2. The molecule has 28 heavy (non-hydrogen) atoms. The summed E-state index contributed by atoms with van der Waals surface area (Å²) in [6.07, 6.45) is 1.83. The van der Waals surface area contributed by atoms with Gasteiger partial charge >= 0.3 is 0 Å². The van der Waals surface area contributed by atoms with Crippen LogP contribution in [0.5, 0.6) is 0 Å². The highest BCUT2D eigenvalue weighted by atomic mass is 19.1. The number of nitrogens with one attached hydrogen (secondary N) is 1. The van der Waals surface area contributed by atoms with Gasteiger partial charge in [0.25, 0.3) is 0 Å². The molecule has 4 aromatic rings. The van der Waals surface area contributed by atoms with Crippen molar-refractivity contribution in [3.8, 4) is 16.8 Å². The molecule has 0 atom stereocenters. The first kappa shape index (κ1) is 16.9. The molecule has 5 rings (SSSR count). The molecular formula is C21H21FN6. The van der Waals surface area contributed by atoms with Gasteiger partial charge in [-0.1, -0.05) is 12.1 Å². The van der Waals surface area contributed by atoms with Gasteiger partial charge in [0.2, 0.25) is 0 Å². The zero-order chi connectivity index (χ0) is 19.8. The highest BCUT2D eigenvalue weighted by Crippen LogP contribution is 2.44. The number of hydrogen-bond donors (Lipinski definition) is 1. The Balaban J connectivity index is 1.86. The van der Waals surface area contributed by atoms with Crippen LogP contribution < -0.4 is 5.32 Å². The van der Waals surface area contributed by atoms with Gasteiger partial charge < -0.3 is 5.32 Å². The van der Waals surface area contributed by atoms with Crippen molar-refractivity contribution < 1.29 is 4.39 Å². The molecule has 1 N–H and O–H groups in total. The van der Waals surface area contributed by atoms with Crippen molar-refractivity contribution in [1.82, 2.24) is 24.5 Å². The maximum atomic E-state index is 15.3. The Kier molecular flexibility index (Phi) is 3.27. The quantitative estimate of drug-likeness (QED) is 0.540. The van der Waals surface area contributed by atoms with E-state index in [1.54, 1.807) is 6.07 Å². The van der Waals surface area contributed by atoms with Gasteiger partial charge in [-0.3, -0.25) is 9.25 Å². The molecule has 0 fully saturated rings. The fourth-order valence-corrected chi connectivity index (χ4v) is 4.23. The molecule has 2 aromatic carbocycles. The van der Waals surface area contributed by atoms with Gasteiger partial charge in [0.05, 0.1) is 28.6 Å². The lowest BCUT2D eigenvalue weighted by atomic mass is 9.92. The zero-order valence-electron chi connectivity index (χ0n) is 16.5. The highest BCUT2D eigenvalue weighted by Gasteiger charge is 2.37. The molecule has 0 unspecified atom stereocenters. The maximum absolute atomic E-state index is 15.3. The van der Waals surface area contributed by atoms with Gasteiger partial charge in [-0.2, -0.15) is 5.10 Å². The molecule has 142 valence electrons. The van der Waals surface area contributed by atoms with Crippen LogP contribution in [0.15, 0.2) is 30.5 Å². The standard InChI is InChI=1S/C21H21FN6/c1-11-14(13-7-6-8-17-15(13)10-23-27(17)5)9-16(22)18-19(11)28-12(2)25-26-20(28)21(3,4)24-18/h6-10,24H,1-5H3. The molecule has 0 saturated heterocycles. The Labute approximate surface area is 162 Å². The van der Waals surface area contributed by atoms with Crippen LogP contribution in [0.3, 0.4) is 0 Å². The fraction of sp³-hybridized carbons (Fsp3) is 0.286. The van der Waals surface area contributed by atoms with Crippen molar-refractivity contribution in [2.45, 2.75) is 33.2 Å². The van der Waals surface area contributed by atoms with Gasteiger partial charge in [-0.25, -0.2) is 4.39 Å². The van der Waals surface area contributed by atoms with Crippen LogP contribution in [0.25, 0.3) is 27.7 Å². The average molecular weight is 376 g/mol. The predicted octanol–water partition coefficient (Wildman–Crippen LogP) is 4.24. The van der Waals surface area contributed by atoms with Crippen LogP contribution in [0.4, 0.5) is 10.1 Å². The molecule has 0 bridgehead atoms. The van der Waals surface area contributed by atoms with Crippen molar-refractivity contribution in [2.24, 2.45) is 7.05 Å². The Morgan fingerprint density at radius 3 is 2.68 bits per heavy atom. The number of nitrogens with zero attached hydrogens (tertiary/aromatic N) is 5. The third kappa shape index (κ3) is 2.10. The van der Waals surface area contributed by atoms with E-state index >= 15 is 4.39 Å². The number of aryl methyl sites for hydroxylation is 2. The molecule has 3 heterocycles. The first-order valence-electron chi connectivity index (χ1n) is 9.25. The van der Waals surface area contributed by atoms with Crippen LogP contribution in [0.1, 0.15) is 31.1 Å². The Bertz CT molecular complexity index is 1260. The van der Waals surface area contributed by atoms with Gasteiger partial charge in [0.1, 0.15) is 11.6 Å². The number of aromatic nitrogens is 5. The van der Waals surface area contributed by atoms with Crippen LogP contribution in [-0.2, 0) is 12.6 Å². The minimum atomic E-state index is -0.521. The summed E-state index contributed by atoms with van der Waals surface area (Å²) in [5.41, 5.74) is 4.52. The molecule has 1 aliphatic heterocycles. The lowest BCUT2D eigenvalue weighted by molar-refractivity contribution is 0.521. The molecule has 0 saturated carbocycles. The van der Waals surface area contributed by atoms with Gasteiger partial charge in [0, 0.05) is 12.4 Å². The van der Waals surface area contributed by atoms with Crippen LogP contribution in [0, 0.1) is 19.7 Å². The number of fused-ring (bicyclic) bond motifs is 4. The maximum Gasteiger partial charge on any atom is 0.162 e. The first-order valence-corrected chi connectivity index (χ1v) is 9.25. The third-order valence-corrected chi connectivity index (χ3v) is 5.63. The molecule has 0 radical (unpaired) electrons. The van der Waals surface area contributed by atoms with Crippen LogP contribution in [0.2, 0.25) is 0 Å². The summed E-state index contributed by atoms with van der Waals surface area (Å²) in [5, 5.41) is 17.3. The van der Waals surface area contributed by atoms with Crippen molar-refractivity contribution in [3.05, 3.63) is 53.5 Å². The summed E-state index contributed by atoms with van der Waals surface area (Å²) in [7, 11) is 1.91. The average Bonchev–Trinajstić information content (AvgIpc) is 3.22. The monoisotopic (exact) mass is 376 g/mol. The number of hydrogen-bond acceptors (Lipinski definition) is 4. The second kappa shape index (κ2) is 5.41. The van der Waals surface area contributed by atoms with Crippen LogP contribution in [-0.4, -0.2) is 24.5 Å². The number of benzene rings is 2. The molecular weight excluding hydrogens is 355 g/mol. The van der Waals surface area contributed by atoms with Crippen molar-refractivity contribution in [3.63, 3.8) is 0 Å². The molecule has 0 aliphatic carbocycles. The molecule has 7 heteroatoms. The van der Waals surface area contributed by atoms with Crippen molar-refractivity contribution in [1.29, 1.82) is 0 Å². The van der Waals surface area contributed by atoms with Gasteiger partial charge in [0.15, 0.2) is 5.82 Å².